The predicted molar refractivity (Wildman–Crippen MR) is 100 cm³/mol. The molecule has 142 valence electrons. The Balaban J connectivity index is 0.00000261. The van der Waals surface area contributed by atoms with Crippen LogP contribution >= 0.6 is 11.6 Å². The number of ether oxygens (including phenoxy) is 2. The summed E-state index contributed by atoms with van der Waals surface area (Å²) in [6, 6.07) is 13.4. The zero-order chi connectivity index (χ0) is 18.4. The van der Waals surface area contributed by atoms with Gasteiger partial charge in [0, 0.05) is 25.7 Å². The largest absolute Gasteiger partial charge is 1.00 e. The van der Waals surface area contributed by atoms with Crippen LogP contribution in [0.15, 0.2) is 42.5 Å². The predicted octanol–water partition coefficient (Wildman–Crippen LogP) is -0.0733. The first-order valence-corrected chi connectivity index (χ1v) is 8.59. The Labute approximate surface area is 169 Å². The number of aromatic amines is 1. The molecule has 27 heavy (non-hydrogen) atoms. The fraction of sp³-hybridized carbons (Fsp3) is 0.250. The number of aromatic nitrogens is 2. The van der Waals surface area contributed by atoms with Crippen molar-refractivity contribution in [1.82, 2.24) is 4.98 Å². The maximum absolute atomic E-state index is 6.23. The highest BCUT2D eigenvalue weighted by Crippen LogP contribution is 2.21. The fourth-order valence-corrected chi connectivity index (χ4v) is 2.75. The molecule has 0 fully saturated rings. The molecule has 0 atom stereocenters. The summed E-state index contributed by atoms with van der Waals surface area (Å²) in [6.45, 7) is 3.14. The lowest BCUT2D eigenvalue weighted by molar-refractivity contribution is -0.875. The first-order valence-electron chi connectivity index (χ1n) is 8.22. The van der Waals surface area contributed by atoms with Crippen LogP contribution in [0.4, 0.5) is 0 Å². The van der Waals surface area contributed by atoms with Gasteiger partial charge in [0.05, 0.1) is 5.02 Å². The average molecular weight is 407 g/mol. The molecule has 3 rings (SSSR count). The average Bonchev–Trinajstić information content (AvgIpc) is 2.96. The van der Waals surface area contributed by atoms with Crippen molar-refractivity contribution in [1.29, 1.82) is 0 Å². The Morgan fingerprint density at radius 2 is 1.96 bits per heavy atom. The molecule has 0 saturated carbocycles. The topological polar surface area (TPSA) is 47.4 Å². The van der Waals surface area contributed by atoms with Crippen LogP contribution in [0.5, 0.6) is 5.75 Å². The second-order valence-corrected chi connectivity index (χ2v) is 5.99. The lowest BCUT2D eigenvalue weighted by Gasteiger charge is -2.07. The molecule has 0 amide bonds. The van der Waals surface area contributed by atoms with Gasteiger partial charge in [0.1, 0.15) is 19.0 Å². The highest BCUT2D eigenvalue weighted by molar-refractivity contribution is 6.31. The van der Waals surface area contributed by atoms with Gasteiger partial charge in [-0.2, -0.15) is 0 Å². The minimum atomic E-state index is 0. The van der Waals surface area contributed by atoms with E-state index in [9.17, 15) is 0 Å². The lowest BCUT2D eigenvalue weighted by atomic mass is 10.2. The van der Waals surface area contributed by atoms with Crippen LogP contribution in [0.2, 0.25) is 5.02 Å². The standard InChI is InChI=1S/C20H19ClN2O3.ClH/c1-15-22-19-7-3-4-8-20(19)23(15)26-13-12-25-17-10-9-16(18(21)14-17)6-5-11-24-2;/h3-4,7-10,14H,11-13H2,1-2H3;1H. The summed E-state index contributed by atoms with van der Waals surface area (Å²) in [4.78, 5) is 9.10. The van der Waals surface area contributed by atoms with Crippen molar-refractivity contribution < 1.29 is 31.4 Å². The molecule has 0 bridgehead atoms. The molecule has 0 spiro atoms. The molecule has 0 unspecified atom stereocenters. The first-order chi connectivity index (χ1) is 12.7. The van der Waals surface area contributed by atoms with E-state index in [4.69, 9.17) is 25.9 Å². The molecule has 0 aliphatic rings. The molecule has 1 aromatic heterocycles. The van der Waals surface area contributed by atoms with E-state index >= 15 is 0 Å². The third-order valence-corrected chi connectivity index (χ3v) is 4.01. The summed E-state index contributed by atoms with van der Waals surface area (Å²) in [7, 11) is 1.60. The van der Waals surface area contributed by atoms with Gasteiger partial charge in [0.2, 0.25) is 5.52 Å². The van der Waals surface area contributed by atoms with Gasteiger partial charge in [0.25, 0.3) is 5.82 Å². The molecule has 3 aromatic rings. The first kappa shape index (κ1) is 20.9. The SMILES string of the molecule is COCC#Cc1ccc(OCCO[n+]2c(C)[nH]c3ccccc32)cc1Cl.[Cl-]. The van der Waals surface area contributed by atoms with Crippen LogP contribution < -0.4 is 26.7 Å². The van der Waals surface area contributed by atoms with Gasteiger partial charge < -0.3 is 26.7 Å². The van der Waals surface area contributed by atoms with Gasteiger partial charge in [-0.3, -0.25) is 0 Å². The minimum absolute atomic E-state index is 0. The molecule has 1 N–H and O–H groups in total. The van der Waals surface area contributed by atoms with Gasteiger partial charge in [-0.25, -0.2) is 4.98 Å². The van der Waals surface area contributed by atoms with Crippen molar-refractivity contribution in [3.05, 3.63) is 58.9 Å². The lowest BCUT2D eigenvalue weighted by Crippen LogP contribution is -3.00. The van der Waals surface area contributed by atoms with Gasteiger partial charge in [0.15, 0.2) is 12.1 Å². The van der Waals surface area contributed by atoms with Crippen LogP contribution in [0, 0.1) is 18.8 Å². The quantitative estimate of drug-likeness (QED) is 0.354. The second-order valence-electron chi connectivity index (χ2n) is 5.58. The van der Waals surface area contributed by atoms with Crippen LogP contribution in [-0.4, -0.2) is 31.9 Å². The molecule has 2 aromatic carbocycles. The maximum Gasteiger partial charge on any atom is 0.292 e. The van der Waals surface area contributed by atoms with Gasteiger partial charge in [-0.05, 0) is 29.0 Å². The van der Waals surface area contributed by atoms with Crippen molar-refractivity contribution in [2.24, 2.45) is 0 Å². The van der Waals surface area contributed by atoms with E-state index in [0.717, 1.165) is 22.4 Å². The molecular weight excluding hydrogens is 387 g/mol. The van der Waals surface area contributed by atoms with Crippen LogP contribution in [0.3, 0.4) is 0 Å². The van der Waals surface area contributed by atoms with E-state index in [-0.39, 0.29) is 12.4 Å². The smallest absolute Gasteiger partial charge is 0.292 e. The fourth-order valence-electron chi connectivity index (χ4n) is 2.53. The van der Waals surface area contributed by atoms with Crippen molar-refractivity contribution in [3.63, 3.8) is 0 Å². The Hall–Kier alpha value is -2.39. The van der Waals surface area contributed by atoms with Crippen LogP contribution in [0.1, 0.15) is 11.4 Å². The van der Waals surface area contributed by atoms with Gasteiger partial charge in [-0.15, -0.1) is 0 Å². The Kier molecular flexibility index (Phi) is 7.81. The zero-order valence-electron chi connectivity index (χ0n) is 15.1. The molecule has 7 heteroatoms. The van der Waals surface area contributed by atoms with Crippen molar-refractivity contribution in [3.8, 4) is 17.6 Å². The number of imidazole rings is 1. The zero-order valence-corrected chi connectivity index (χ0v) is 16.6. The van der Waals surface area contributed by atoms with E-state index in [1.807, 2.05) is 43.3 Å². The van der Waals surface area contributed by atoms with E-state index in [1.54, 1.807) is 17.9 Å². The number of H-pyrrole nitrogens is 1. The van der Waals surface area contributed by atoms with E-state index in [0.29, 0.717) is 30.6 Å². The molecule has 1 heterocycles. The third-order valence-electron chi connectivity index (χ3n) is 3.70. The maximum atomic E-state index is 6.23. The highest BCUT2D eigenvalue weighted by Gasteiger charge is 2.15. The summed E-state index contributed by atoms with van der Waals surface area (Å²) in [5.41, 5.74) is 2.77. The highest BCUT2D eigenvalue weighted by atomic mass is 35.5. The van der Waals surface area contributed by atoms with E-state index < -0.39 is 0 Å². The van der Waals surface area contributed by atoms with Crippen LogP contribution in [-0.2, 0) is 4.74 Å². The molecule has 0 saturated heterocycles. The summed E-state index contributed by atoms with van der Waals surface area (Å²) < 4.78 is 12.4. The summed E-state index contributed by atoms with van der Waals surface area (Å²) in [5, 5.41) is 0.550. The van der Waals surface area contributed by atoms with Gasteiger partial charge >= 0.3 is 0 Å². The summed E-state index contributed by atoms with van der Waals surface area (Å²) >= 11 is 6.23. The molecule has 0 aliphatic carbocycles. The number of nitrogens with one attached hydrogen (secondary N) is 1. The van der Waals surface area contributed by atoms with Crippen molar-refractivity contribution in [2.45, 2.75) is 6.92 Å². The van der Waals surface area contributed by atoms with E-state index in [2.05, 4.69) is 16.8 Å². The normalized spacial score (nSPS) is 10.0. The molecule has 0 aliphatic heterocycles. The number of halogens is 2. The number of hydrogen-bond donors (Lipinski definition) is 1. The van der Waals surface area contributed by atoms with Crippen molar-refractivity contribution >= 4 is 22.6 Å². The number of fused-ring (bicyclic) bond motifs is 1. The number of benzene rings is 2. The number of nitrogens with zero attached hydrogens (tertiary/aromatic N) is 1. The molecule has 0 radical (unpaired) electrons. The number of aryl methyl sites for hydroxylation is 1. The van der Waals surface area contributed by atoms with Crippen molar-refractivity contribution in [2.75, 3.05) is 26.9 Å². The minimum Gasteiger partial charge on any atom is -1.00 e. The van der Waals surface area contributed by atoms with Gasteiger partial charge in [-0.1, -0.05) is 35.6 Å². The Morgan fingerprint density at radius 1 is 1.15 bits per heavy atom. The number of para-hydroxylation sites is 2. The second kappa shape index (κ2) is 10.1. The number of methoxy groups -OCH3 is 1. The third kappa shape index (κ3) is 5.30. The monoisotopic (exact) mass is 406 g/mol. The van der Waals surface area contributed by atoms with Crippen LogP contribution in [0.25, 0.3) is 11.0 Å². The molecule has 5 nitrogen and oxygen atoms in total. The Morgan fingerprint density at radius 3 is 2.74 bits per heavy atom. The summed E-state index contributed by atoms with van der Waals surface area (Å²) in [6.07, 6.45) is 0. The number of rotatable bonds is 6. The van der Waals surface area contributed by atoms with E-state index in [1.165, 1.54) is 0 Å². The number of hydrogen-bond acceptors (Lipinski definition) is 3. The Bertz CT molecular complexity index is 961. The molecular formula is C20H20Cl2N2O3. The summed E-state index contributed by atoms with van der Waals surface area (Å²) in [5.74, 6) is 7.43.